The Labute approximate surface area is 105 Å². The summed E-state index contributed by atoms with van der Waals surface area (Å²) in [7, 11) is 0. The first-order valence-electron chi connectivity index (χ1n) is 6.99. The molecule has 3 nitrogen and oxygen atoms in total. The highest BCUT2D eigenvalue weighted by Crippen LogP contribution is 2.21. The standard InChI is InChI=1S/C14H26O3/c1-4-6-7-12(5-2)10-16-14(15)13-9-8-11(3)17-13/h11-13H,4-10H2,1-3H3. The summed E-state index contributed by atoms with van der Waals surface area (Å²) in [5.41, 5.74) is 0. The molecule has 0 radical (unpaired) electrons. The van der Waals surface area contributed by atoms with Gasteiger partial charge >= 0.3 is 5.97 Å². The van der Waals surface area contributed by atoms with E-state index in [2.05, 4.69) is 13.8 Å². The van der Waals surface area contributed by atoms with E-state index in [-0.39, 0.29) is 18.2 Å². The number of ether oxygens (including phenoxy) is 2. The highest BCUT2D eigenvalue weighted by atomic mass is 16.6. The van der Waals surface area contributed by atoms with Crippen molar-refractivity contribution in [3.05, 3.63) is 0 Å². The van der Waals surface area contributed by atoms with Crippen LogP contribution < -0.4 is 0 Å². The van der Waals surface area contributed by atoms with Crippen molar-refractivity contribution in [2.45, 2.75) is 71.5 Å². The minimum absolute atomic E-state index is 0.163. The number of carbonyl (C=O) groups excluding carboxylic acids is 1. The zero-order valence-electron chi connectivity index (χ0n) is 11.4. The van der Waals surface area contributed by atoms with Gasteiger partial charge in [0.2, 0.25) is 0 Å². The zero-order chi connectivity index (χ0) is 12.7. The molecule has 1 heterocycles. The predicted octanol–water partition coefficient (Wildman–Crippen LogP) is 3.31. The van der Waals surface area contributed by atoms with Gasteiger partial charge in [0.15, 0.2) is 6.10 Å². The van der Waals surface area contributed by atoms with Crippen LogP contribution >= 0.6 is 0 Å². The van der Waals surface area contributed by atoms with Gasteiger partial charge in [0.1, 0.15) is 0 Å². The Hall–Kier alpha value is -0.570. The Kier molecular flexibility index (Phi) is 6.56. The first-order chi connectivity index (χ1) is 8.17. The van der Waals surface area contributed by atoms with Gasteiger partial charge in [-0.15, -0.1) is 0 Å². The third-order valence-corrected chi connectivity index (χ3v) is 3.50. The molecule has 17 heavy (non-hydrogen) atoms. The highest BCUT2D eigenvalue weighted by Gasteiger charge is 2.29. The van der Waals surface area contributed by atoms with Crippen molar-refractivity contribution < 1.29 is 14.3 Å². The van der Waals surface area contributed by atoms with Crippen LogP contribution in [-0.2, 0) is 14.3 Å². The molecule has 3 atom stereocenters. The van der Waals surface area contributed by atoms with E-state index in [9.17, 15) is 4.79 Å². The van der Waals surface area contributed by atoms with Gasteiger partial charge in [0, 0.05) is 0 Å². The van der Waals surface area contributed by atoms with Gasteiger partial charge in [-0.1, -0.05) is 33.1 Å². The van der Waals surface area contributed by atoms with Crippen LogP contribution in [0.3, 0.4) is 0 Å². The zero-order valence-corrected chi connectivity index (χ0v) is 11.4. The number of carbonyl (C=O) groups is 1. The SMILES string of the molecule is CCCCC(CC)COC(=O)C1CCC(C)O1. The minimum atomic E-state index is -0.311. The van der Waals surface area contributed by atoms with Gasteiger partial charge in [0.05, 0.1) is 12.7 Å². The summed E-state index contributed by atoms with van der Waals surface area (Å²) < 4.78 is 10.9. The molecule has 1 rings (SSSR count). The van der Waals surface area contributed by atoms with Crippen LogP contribution in [0.5, 0.6) is 0 Å². The fourth-order valence-corrected chi connectivity index (χ4v) is 2.17. The predicted molar refractivity (Wildman–Crippen MR) is 67.8 cm³/mol. The number of rotatable bonds is 7. The van der Waals surface area contributed by atoms with Gasteiger partial charge in [-0.3, -0.25) is 0 Å². The fourth-order valence-electron chi connectivity index (χ4n) is 2.17. The van der Waals surface area contributed by atoms with Crippen molar-refractivity contribution in [2.75, 3.05) is 6.61 Å². The Morgan fingerprint density at radius 3 is 2.71 bits per heavy atom. The quantitative estimate of drug-likeness (QED) is 0.642. The van der Waals surface area contributed by atoms with Crippen molar-refractivity contribution in [3.8, 4) is 0 Å². The second-order valence-electron chi connectivity index (χ2n) is 5.06. The van der Waals surface area contributed by atoms with E-state index in [1.807, 2.05) is 6.92 Å². The molecule has 1 aliphatic rings. The average Bonchev–Trinajstić information content (AvgIpc) is 2.76. The summed E-state index contributed by atoms with van der Waals surface area (Å²) in [6.07, 6.45) is 6.32. The van der Waals surface area contributed by atoms with E-state index < -0.39 is 0 Å². The van der Waals surface area contributed by atoms with Crippen LogP contribution in [0, 0.1) is 5.92 Å². The molecule has 3 heteroatoms. The Morgan fingerprint density at radius 1 is 1.41 bits per heavy atom. The number of unbranched alkanes of at least 4 members (excludes halogenated alkanes) is 1. The summed E-state index contributed by atoms with van der Waals surface area (Å²) in [5.74, 6) is 0.349. The lowest BCUT2D eigenvalue weighted by Crippen LogP contribution is -2.25. The molecule has 0 aromatic carbocycles. The van der Waals surface area contributed by atoms with E-state index in [1.54, 1.807) is 0 Å². The maximum Gasteiger partial charge on any atom is 0.335 e. The molecule has 1 aliphatic heterocycles. The second kappa shape index (κ2) is 7.70. The van der Waals surface area contributed by atoms with Crippen LogP contribution in [-0.4, -0.2) is 24.8 Å². The summed E-state index contributed by atoms with van der Waals surface area (Å²) >= 11 is 0. The van der Waals surface area contributed by atoms with Crippen LogP contribution in [0.2, 0.25) is 0 Å². The topological polar surface area (TPSA) is 35.5 Å². The first-order valence-corrected chi connectivity index (χ1v) is 6.99. The third kappa shape index (κ3) is 5.07. The van der Waals surface area contributed by atoms with Crippen molar-refractivity contribution in [1.82, 2.24) is 0 Å². The molecule has 1 fully saturated rings. The number of esters is 1. The molecular formula is C14H26O3. The van der Waals surface area contributed by atoms with Crippen LogP contribution in [0.15, 0.2) is 0 Å². The second-order valence-corrected chi connectivity index (χ2v) is 5.06. The maximum absolute atomic E-state index is 11.7. The van der Waals surface area contributed by atoms with Crippen LogP contribution in [0.1, 0.15) is 59.3 Å². The van der Waals surface area contributed by atoms with E-state index in [0.29, 0.717) is 12.5 Å². The van der Waals surface area contributed by atoms with Gasteiger partial charge < -0.3 is 9.47 Å². The monoisotopic (exact) mass is 242 g/mol. The summed E-state index contributed by atoms with van der Waals surface area (Å²) in [4.78, 5) is 11.7. The normalized spacial score (nSPS) is 25.8. The maximum atomic E-state index is 11.7. The summed E-state index contributed by atoms with van der Waals surface area (Å²) in [5, 5.41) is 0. The average molecular weight is 242 g/mol. The lowest BCUT2D eigenvalue weighted by atomic mass is 10.0. The molecule has 0 saturated carbocycles. The molecule has 0 spiro atoms. The number of hydrogen-bond donors (Lipinski definition) is 0. The Morgan fingerprint density at radius 2 is 2.18 bits per heavy atom. The number of hydrogen-bond acceptors (Lipinski definition) is 3. The third-order valence-electron chi connectivity index (χ3n) is 3.50. The fraction of sp³-hybridized carbons (Fsp3) is 0.929. The first kappa shape index (κ1) is 14.5. The summed E-state index contributed by atoms with van der Waals surface area (Å²) in [6, 6.07) is 0. The Balaban J connectivity index is 2.21. The molecule has 1 saturated heterocycles. The molecule has 0 bridgehead atoms. The Bertz CT molecular complexity index is 228. The van der Waals surface area contributed by atoms with E-state index in [0.717, 1.165) is 25.7 Å². The molecule has 100 valence electrons. The van der Waals surface area contributed by atoms with Crippen molar-refractivity contribution in [1.29, 1.82) is 0 Å². The van der Waals surface area contributed by atoms with E-state index in [4.69, 9.17) is 9.47 Å². The van der Waals surface area contributed by atoms with Crippen molar-refractivity contribution in [2.24, 2.45) is 5.92 Å². The molecular weight excluding hydrogens is 216 g/mol. The van der Waals surface area contributed by atoms with Gasteiger partial charge in [-0.2, -0.15) is 0 Å². The molecule has 0 aliphatic carbocycles. The van der Waals surface area contributed by atoms with Gasteiger partial charge in [-0.05, 0) is 32.1 Å². The lowest BCUT2D eigenvalue weighted by Gasteiger charge is -2.16. The molecule has 3 unspecified atom stereocenters. The summed E-state index contributed by atoms with van der Waals surface area (Å²) in [6.45, 7) is 6.90. The molecule has 0 amide bonds. The van der Waals surface area contributed by atoms with E-state index >= 15 is 0 Å². The smallest absolute Gasteiger partial charge is 0.335 e. The highest BCUT2D eigenvalue weighted by molar-refractivity contribution is 5.74. The van der Waals surface area contributed by atoms with Crippen LogP contribution in [0.25, 0.3) is 0 Å². The van der Waals surface area contributed by atoms with Crippen molar-refractivity contribution >= 4 is 5.97 Å². The van der Waals surface area contributed by atoms with E-state index in [1.165, 1.54) is 12.8 Å². The molecule has 0 aromatic heterocycles. The minimum Gasteiger partial charge on any atom is -0.463 e. The molecule has 0 aromatic rings. The van der Waals surface area contributed by atoms with Gasteiger partial charge in [0.25, 0.3) is 0 Å². The van der Waals surface area contributed by atoms with Crippen molar-refractivity contribution in [3.63, 3.8) is 0 Å². The van der Waals surface area contributed by atoms with Crippen LogP contribution in [0.4, 0.5) is 0 Å². The lowest BCUT2D eigenvalue weighted by molar-refractivity contribution is -0.157. The molecule has 0 N–H and O–H groups in total. The van der Waals surface area contributed by atoms with Gasteiger partial charge in [-0.25, -0.2) is 4.79 Å². The largest absolute Gasteiger partial charge is 0.463 e.